The van der Waals surface area contributed by atoms with Crippen LogP contribution in [-0.4, -0.2) is 50.5 Å². The molecule has 3 amide bonds. The van der Waals surface area contributed by atoms with Crippen molar-refractivity contribution in [1.82, 2.24) is 30.8 Å². The number of hydrogen-bond donors (Lipinski definition) is 2. The number of tetrazole rings is 1. The number of nitrogens with one attached hydrogen (secondary N) is 2. The van der Waals surface area contributed by atoms with Gasteiger partial charge in [-0.2, -0.15) is 4.68 Å². The molecule has 0 aliphatic heterocycles. The number of rotatable bonds is 7. The van der Waals surface area contributed by atoms with Gasteiger partial charge in [-0.05, 0) is 43.3 Å². The molecule has 0 aliphatic rings. The normalized spacial score (nSPS) is 10.6. The van der Waals surface area contributed by atoms with Crippen molar-refractivity contribution in [2.45, 2.75) is 32.0 Å². The Morgan fingerprint density at radius 1 is 1.32 bits per heavy atom. The summed E-state index contributed by atoms with van der Waals surface area (Å²) in [6, 6.07) is 6.76. The summed E-state index contributed by atoms with van der Waals surface area (Å²) in [5.74, 6) is 0.207. The monoisotopic (exact) mass is 364 g/mol. The van der Waals surface area contributed by atoms with E-state index in [0.717, 1.165) is 11.8 Å². The number of amides is 3. The molecular formula is C15H20N6O3S. The smallest absolute Gasteiger partial charge is 0.321 e. The molecule has 0 radical (unpaired) electrons. The van der Waals surface area contributed by atoms with Crippen LogP contribution in [0.15, 0.2) is 29.4 Å². The highest BCUT2D eigenvalue weighted by Crippen LogP contribution is 2.25. The van der Waals surface area contributed by atoms with Gasteiger partial charge in [0.2, 0.25) is 11.1 Å². The average Bonchev–Trinajstić information content (AvgIpc) is 3.01. The molecular weight excluding hydrogens is 344 g/mol. The molecule has 134 valence electrons. The fourth-order valence-electron chi connectivity index (χ4n) is 1.92. The van der Waals surface area contributed by atoms with E-state index in [9.17, 15) is 9.59 Å². The first-order chi connectivity index (χ1) is 12.0. The first-order valence-corrected chi connectivity index (χ1v) is 8.73. The average molecular weight is 364 g/mol. The Kier molecular flexibility index (Phi) is 6.75. The molecule has 0 spiro atoms. The third kappa shape index (κ3) is 5.45. The fourth-order valence-corrected chi connectivity index (χ4v) is 2.60. The topological polar surface area (TPSA) is 111 Å². The van der Waals surface area contributed by atoms with E-state index < -0.39 is 11.9 Å². The molecule has 2 rings (SSSR count). The summed E-state index contributed by atoms with van der Waals surface area (Å²) in [4.78, 5) is 23.4. The fraction of sp³-hybridized carbons (Fsp3) is 0.400. The van der Waals surface area contributed by atoms with Gasteiger partial charge in [0, 0.05) is 6.04 Å². The Balaban J connectivity index is 2.03. The van der Waals surface area contributed by atoms with Crippen molar-refractivity contribution in [1.29, 1.82) is 0 Å². The van der Waals surface area contributed by atoms with Crippen LogP contribution in [0.1, 0.15) is 20.8 Å². The molecule has 0 aliphatic carbocycles. The van der Waals surface area contributed by atoms with Gasteiger partial charge in [0.05, 0.1) is 12.4 Å². The minimum absolute atomic E-state index is 0.00267. The lowest BCUT2D eigenvalue weighted by Crippen LogP contribution is -2.43. The van der Waals surface area contributed by atoms with E-state index in [1.807, 2.05) is 45.0 Å². The van der Waals surface area contributed by atoms with Gasteiger partial charge in [-0.3, -0.25) is 10.1 Å². The molecule has 25 heavy (non-hydrogen) atoms. The zero-order valence-electron chi connectivity index (χ0n) is 14.2. The number of carbonyl (C=O) groups is 2. The van der Waals surface area contributed by atoms with Crippen molar-refractivity contribution in [2.24, 2.45) is 0 Å². The van der Waals surface area contributed by atoms with Gasteiger partial charge in [0.15, 0.2) is 0 Å². The Labute approximate surface area is 149 Å². The van der Waals surface area contributed by atoms with Crippen molar-refractivity contribution in [3.8, 4) is 11.4 Å². The summed E-state index contributed by atoms with van der Waals surface area (Å²) < 4.78 is 7.07. The standard InChI is InChI=1S/C15H20N6O3S/c1-4-24-12-8-6-5-7-11(12)21-15(18-19-20-21)25-9-13(22)17-14(23)16-10(2)3/h5-8,10H,4,9H2,1-3H3,(H2,16,17,22,23). The number of urea groups is 1. The first kappa shape index (κ1) is 18.7. The molecule has 2 N–H and O–H groups in total. The van der Waals surface area contributed by atoms with Gasteiger partial charge in [0.1, 0.15) is 11.4 Å². The van der Waals surface area contributed by atoms with Gasteiger partial charge in [-0.25, -0.2) is 4.79 Å². The number of hydrogen-bond acceptors (Lipinski definition) is 7. The van der Waals surface area contributed by atoms with Crippen LogP contribution >= 0.6 is 11.8 Å². The van der Waals surface area contributed by atoms with Crippen LogP contribution in [0.5, 0.6) is 5.75 Å². The predicted molar refractivity (Wildman–Crippen MR) is 92.9 cm³/mol. The molecule has 0 bridgehead atoms. The molecule has 1 aromatic heterocycles. The third-order valence-corrected chi connectivity index (χ3v) is 3.76. The highest BCUT2D eigenvalue weighted by atomic mass is 32.2. The van der Waals surface area contributed by atoms with Crippen LogP contribution in [0.4, 0.5) is 4.79 Å². The summed E-state index contributed by atoms with van der Waals surface area (Å²) in [5, 5.41) is 16.8. The van der Waals surface area contributed by atoms with Crippen LogP contribution in [-0.2, 0) is 4.79 Å². The third-order valence-electron chi connectivity index (χ3n) is 2.84. The number of thioether (sulfide) groups is 1. The van der Waals surface area contributed by atoms with Crippen LogP contribution < -0.4 is 15.4 Å². The van der Waals surface area contributed by atoms with E-state index in [-0.39, 0.29) is 11.8 Å². The summed E-state index contributed by atoms with van der Waals surface area (Å²) in [6.07, 6.45) is 0. The second-order valence-electron chi connectivity index (χ2n) is 5.24. The molecule has 1 aromatic carbocycles. The first-order valence-electron chi connectivity index (χ1n) is 7.75. The second kappa shape index (κ2) is 9.02. The van der Waals surface area contributed by atoms with E-state index in [4.69, 9.17) is 4.74 Å². The summed E-state index contributed by atoms with van der Waals surface area (Å²) in [6.45, 7) is 6.01. The van der Waals surface area contributed by atoms with Crippen LogP contribution in [0.25, 0.3) is 5.69 Å². The van der Waals surface area contributed by atoms with Crippen molar-refractivity contribution in [3.63, 3.8) is 0 Å². The van der Waals surface area contributed by atoms with Gasteiger partial charge in [-0.1, -0.05) is 23.9 Å². The zero-order valence-corrected chi connectivity index (χ0v) is 15.0. The van der Waals surface area contributed by atoms with E-state index in [0.29, 0.717) is 23.2 Å². The number of para-hydroxylation sites is 2. The number of benzene rings is 1. The maximum Gasteiger partial charge on any atom is 0.321 e. The van der Waals surface area contributed by atoms with Gasteiger partial charge >= 0.3 is 6.03 Å². The van der Waals surface area contributed by atoms with E-state index in [2.05, 4.69) is 26.2 Å². The second-order valence-corrected chi connectivity index (χ2v) is 6.18. The summed E-state index contributed by atoms with van der Waals surface area (Å²) in [5.41, 5.74) is 0.676. The SMILES string of the molecule is CCOc1ccccc1-n1nnnc1SCC(=O)NC(=O)NC(C)C. The van der Waals surface area contributed by atoms with E-state index in [1.54, 1.807) is 0 Å². The summed E-state index contributed by atoms with van der Waals surface area (Å²) >= 11 is 1.12. The Hall–Kier alpha value is -2.62. The molecule has 10 heteroatoms. The molecule has 0 saturated heterocycles. The summed E-state index contributed by atoms with van der Waals surface area (Å²) in [7, 11) is 0. The number of aromatic nitrogens is 4. The maximum atomic E-state index is 11.9. The molecule has 0 unspecified atom stereocenters. The molecule has 9 nitrogen and oxygen atoms in total. The van der Waals surface area contributed by atoms with Crippen molar-refractivity contribution < 1.29 is 14.3 Å². The minimum atomic E-state index is -0.526. The van der Waals surface area contributed by atoms with E-state index >= 15 is 0 Å². The van der Waals surface area contributed by atoms with Crippen LogP contribution in [0, 0.1) is 0 Å². The lowest BCUT2D eigenvalue weighted by Gasteiger charge is -2.11. The molecule has 1 heterocycles. The zero-order chi connectivity index (χ0) is 18.2. The van der Waals surface area contributed by atoms with Gasteiger partial charge in [0.25, 0.3) is 0 Å². The van der Waals surface area contributed by atoms with Crippen LogP contribution in [0.3, 0.4) is 0 Å². The molecule has 2 aromatic rings. The lowest BCUT2D eigenvalue weighted by atomic mass is 10.3. The molecule has 0 fully saturated rings. The van der Waals surface area contributed by atoms with Gasteiger partial charge in [-0.15, -0.1) is 5.10 Å². The number of nitrogens with zero attached hydrogens (tertiary/aromatic N) is 4. The van der Waals surface area contributed by atoms with Crippen molar-refractivity contribution in [2.75, 3.05) is 12.4 Å². The minimum Gasteiger partial charge on any atom is -0.492 e. The highest BCUT2D eigenvalue weighted by Gasteiger charge is 2.16. The largest absolute Gasteiger partial charge is 0.492 e. The Bertz CT molecular complexity index is 734. The lowest BCUT2D eigenvalue weighted by molar-refractivity contribution is -0.117. The number of carbonyl (C=O) groups excluding carboxylic acids is 2. The Morgan fingerprint density at radius 2 is 2.08 bits per heavy atom. The molecule has 0 saturated carbocycles. The van der Waals surface area contributed by atoms with Crippen LogP contribution in [0.2, 0.25) is 0 Å². The maximum absolute atomic E-state index is 11.9. The highest BCUT2D eigenvalue weighted by molar-refractivity contribution is 7.99. The predicted octanol–water partition coefficient (Wildman–Crippen LogP) is 1.39. The number of ether oxygens (including phenoxy) is 1. The van der Waals surface area contributed by atoms with Crippen molar-refractivity contribution in [3.05, 3.63) is 24.3 Å². The van der Waals surface area contributed by atoms with E-state index in [1.165, 1.54) is 4.68 Å². The Morgan fingerprint density at radius 3 is 2.80 bits per heavy atom. The van der Waals surface area contributed by atoms with Crippen molar-refractivity contribution >= 4 is 23.7 Å². The number of imide groups is 1. The molecule has 0 atom stereocenters. The quantitative estimate of drug-likeness (QED) is 0.714. The van der Waals surface area contributed by atoms with Gasteiger partial charge < -0.3 is 10.1 Å².